The van der Waals surface area contributed by atoms with Crippen molar-refractivity contribution in [2.45, 2.75) is 95.3 Å². The second-order valence-corrected chi connectivity index (χ2v) is 13.8. The van der Waals surface area contributed by atoms with Crippen molar-refractivity contribution in [1.82, 2.24) is 15.2 Å². The molecule has 1 aliphatic rings. The molecule has 268 valence electrons. The van der Waals surface area contributed by atoms with Gasteiger partial charge in [0.2, 0.25) is 6.33 Å². The molecule has 1 fully saturated rings. The molecule has 12 heteroatoms. The summed E-state index contributed by atoms with van der Waals surface area (Å²) in [4.78, 5) is 26.7. The predicted octanol–water partition coefficient (Wildman–Crippen LogP) is 7.20. The van der Waals surface area contributed by atoms with E-state index in [1.165, 1.54) is 19.8 Å². The molecular weight excluding hydrogens is 734 g/mol. The van der Waals surface area contributed by atoms with Crippen LogP contribution >= 0.6 is 22.6 Å². The first kappa shape index (κ1) is 43.5. The maximum Gasteiger partial charge on any atom is 0.495 e. The van der Waals surface area contributed by atoms with Crippen LogP contribution in [0.4, 0.5) is 0 Å². The predicted molar refractivity (Wildman–Crippen MR) is 205 cm³/mol. The van der Waals surface area contributed by atoms with Crippen molar-refractivity contribution in [3.05, 3.63) is 85.1 Å². The summed E-state index contributed by atoms with van der Waals surface area (Å²) in [6.07, 6.45) is 1.90. The zero-order valence-electron chi connectivity index (χ0n) is 29.8. The molecule has 0 amide bonds. The number of aromatic amines is 2. The Bertz CT molecular complexity index is 1730. The summed E-state index contributed by atoms with van der Waals surface area (Å²) in [5.74, 6) is -0.657. The molecule has 2 aromatic carbocycles. The van der Waals surface area contributed by atoms with Crippen molar-refractivity contribution in [1.29, 1.82) is 0 Å². The van der Waals surface area contributed by atoms with Crippen LogP contribution in [-0.2, 0) is 25.8 Å². The topological polar surface area (TPSA) is 119 Å². The number of aryl methyl sites for hydroxylation is 5. The van der Waals surface area contributed by atoms with E-state index in [1.807, 2.05) is 105 Å². The number of aromatic nitrogens is 4. The number of nitrogens with one attached hydrogen (secondary N) is 2. The SMILES string of the molecule is C.C.COC(=O)c1cc(B2OC(C)(C)C(C)(C)O2)c(C)cc1C.COC(=O)c1ccc(C)c(-c2[nH]c[n+](C)c2C)c1.Cc1[nH]nc(I)c1C. The molecule has 0 atom stereocenters. The molecule has 0 spiro atoms. The number of H-pyrrole nitrogens is 2. The third kappa shape index (κ3) is 9.82. The van der Waals surface area contributed by atoms with Gasteiger partial charge in [0.15, 0.2) is 5.69 Å². The van der Waals surface area contributed by atoms with Gasteiger partial charge in [-0.1, -0.05) is 32.5 Å². The first-order valence-electron chi connectivity index (χ1n) is 15.3. The average Bonchev–Trinajstić information content (AvgIpc) is 3.58. The second-order valence-electron chi connectivity index (χ2n) is 12.7. The summed E-state index contributed by atoms with van der Waals surface area (Å²) in [7, 11) is 4.28. The van der Waals surface area contributed by atoms with Gasteiger partial charge in [-0.25, -0.2) is 19.1 Å². The number of hydrogen-bond acceptors (Lipinski definition) is 7. The van der Waals surface area contributed by atoms with Crippen molar-refractivity contribution in [3.63, 3.8) is 0 Å². The van der Waals surface area contributed by atoms with E-state index in [2.05, 4.69) is 44.7 Å². The van der Waals surface area contributed by atoms with Gasteiger partial charge in [-0.3, -0.25) is 5.10 Å². The Morgan fingerprint density at radius 2 is 1.43 bits per heavy atom. The lowest BCUT2D eigenvalue weighted by molar-refractivity contribution is -0.675. The highest BCUT2D eigenvalue weighted by molar-refractivity contribution is 14.1. The fourth-order valence-corrected chi connectivity index (χ4v) is 5.35. The van der Waals surface area contributed by atoms with Crippen LogP contribution in [0, 0.1) is 45.2 Å². The van der Waals surface area contributed by atoms with Crippen LogP contribution in [0.5, 0.6) is 0 Å². The van der Waals surface area contributed by atoms with Gasteiger partial charge in [-0.05, 0) is 120 Å². The first-order chi connectivity index (χ1) is 21.8. The maximum atomic E-state index is 11.9. The van der Waals surface area contributed by atoms with Crippen LogP contribution in [0.1, 0.15) is 96.9 Å². The number of benzene rings is 2. The van der Waals surface area contributed by atoms with E-state index in [0.29, 0.717) is 11.1 Å². The van der Waals surface area contributed by atoms with Crippen molar-refractivity contribution in [2.24, 2.45) is 7.05 Å². The van der Waals surface area contributed by atoms with Gasteiger partial charge in [0.05, 0.1) is 43.6 Å². The Kier molecular flexibility index (Phi) is 15.5. The minimum absolute atomic E-state index is 0. The van der Waals surface area contributed by atoms with Crippen LogP contribution in [0.2, 0.25) is 0 Å². The largest absolute Gasteiger partial charge is 0.495 e. The highest BCUT2D eigenvalue weighted by Gasteiger charge is 2.52. The molecule has 5 rings (SSSR count). The summed E-state index contributed by atoms with van der Waals surface area (Å²) in [5.41, 5.74) is 9.83. The molecule has 0 aliphatic carbocycles. The summed E-state index contributed by atoms with van der Waals surface area (Å²) in [6.45, 7) is 20.1. The molecule has 1 aliphatic heterocycles. The molecule has 0 bridgehead atoms. The monoisotopic (exact) mass is 789 g/mol. The fourth-order valence-electron chi connectivity index (χ4n) is 4.83. The molecule has 0 unspecified atom stereocenters. The molecule has 10 nitrogen and oxygen atoms in total. The Balaban J connectivity index is 0.000000390. The lowest BCUT2D eigenvalue weighted by atomic mass is 9.75. The van der Waals surface area contributed by atoms with Gasteiger partial charge in [0.25, 0.3) is 0 Å². The van der Waals surface area contributed by atoms with E-state index in [4.69, 9.17) is 18.8 Å². The molecular formula is C37H55BIN4O6+. The number of carbonyl (C=O) groups excluding carboxylic acids is 2. The number of nitrogens with zero attached hydrogens (tertiary/aromatic N) is 2. The molecule has 0 saturated carbocycles. The van der Waals surface area contributed by atoms with Crippen molar-refractivity contribution < 1.29 is 32.9 Å². The normalized spacial score (nSPS) is 13.9. The standard InChI is InChI=1S/C16H23BO4.C14H16N2O2.C5H7IN2.2CH4/c1-10-8-11(2)13(9-12(10)14(18)19-7)17-20-15(3,4)16(5,6)21-17;1-9-5-6-11(14(17)18-4)7-12(9)13-10(2)16(3)8-15-13;1-3-4(2)7-8-5(3)6;;/h8-9H,1-7H3;5-8H,1-4H3;1-2H3,(H,7,8);2*1H4/p+1. The Morgan fingerprint density at radius 1 is 0.857 bits per heavy atom. The Labute approximate surface area is 307 Å². The Hall–Kier alpha value is -3.49. The van der Waals surface area contributed by atoms with Gasteiger partial charge >= 0.3 is 19.1 Å². The third-order valence-electron chi connectivity index (χ3n) is 8.94. The highest BCUT2D eigenvalue weighted by Crippen LogP contribution is 2.37. The summed E-state index contributed by atoms with van der Waals surface area (Å²) in [5, 5.41) is 6.86. The van der Waals surface area contributed by atoms with Gasteiger partial charge < -0.3 is 18.8 Å². The van der Waals surface area contributed by atoms with Crippen LogP contribution in [0.15, 0.2) is 36.7 Å². The molecule has 2 N–H and O–H groups in total. The summed E-state index contributed by atoms with van der Waals surface area (Å²) < 4.78 is 24.8. The number of ether oxygens (including phenoxy) is 2. The number of esters is 2. The van der Waals surface area contributed by atoms with Gasteiger partial charge in [-0.15, -0.1) is 0 Å². The summed E-state index contributed by atoms with van der Waals surface area (Å²) in [6, 6.07) is 9.36. The van der Waals surface area contributed by atoms with Gasteiger partial charge in [0.1, 0.15) is 9.39 Å². The van der Waals surface area contributed by atoms with E-state index >= 15 is 0 Å². The molecule has 3 heterocycles. The average molecular weight is 790 g/mol. The lowest BCUT2D eigenvalue weighted by Crippen LogP contribution is -2.41. The van der Waals surface area contributed by atoms with Crippen molar-refractivity contribution in [3.8, 4) is 11.3 Å². The molecule has 1 saturated heterocycles. The molecule has 49 heavy (non-hydrogen) atoms. The third-order valence-corrected chi connectivity index (χ3v) is 9.99. The molecule has 4 aromatic rings. The number of rotatable bonds is 4. The Morgan fingerprint density at radius 3 is 1.86 bits per heavy atom. The number of methoxy groups -OCH3 is 2. The molecule has 2 aromatic heterocycles. The number of hydrogen-bond donors (Lipinski definition) is 2. The zero-order valence-corrected chi connectivity index (χ0v) is 31.9. The van der Waals surface area contributed by atoms with E-state index in [-0.39, 0.29) is 26.8 Å². The zero-order chi connectivity index (χ0) is 35.4. The molecule has 0 radical (unpaired) electrons. The fraction of sp³-hybridized carbons (Fsp3) is 0.459. The number of halogens is 1. The highest BCUT2D eigenvalue weighted by atomic mass is 127. The van der Waals surface area contributed by atoms with Gasteiger partial charge in [-0.2, -0.15) is 5.10 Å². The smallest absolute Gasteiger partial charge is 0.465 e. The van der Waals surface area contributed by atoms with Crippen molar-refractivity contribution in [2.75, 3.05) is 14.2 Å². The van der Waals surface area contributed by atoms with Crippen LogP contribution < -0.4 is 10.0 Å². The number of imidazole rings is 1. The van der Waals surface area contributed by atoms with E-state index < -0.39 is 18.3 Å². The van der Waals surface area contributed by atoms with Crippen molar-refractivity contribution >= 4 is 47.1 Å². The van der Waals surface area contributed by atoms with Crippen LogP contribution in [-0.4, -0.2) is 59.7 Å². The second kappa shape index (κ2) is 17.4. The minimum atomic E-state index is -0.473. The number of carbonyl (C=O) groups is 2. The summed E-state index contributed by atoms with van der Waals surface area (Å²) >= 11 is 2.20. The van der Waals surface area contributed by atoms with E-state index in [0.717, 1.165) is 48.5 Å². The maximum absolute atomic E-state index is 11.9. The first-order valence-corrected chi connectivity index (χ1v) is 16.4. The van der Waals surface area contributed by atoms with E-state index in [9.17, 15) is 9.59 Å². The van der Waals surface area contributed by atoms with Crippen LogP contribution in [0.25, 0.3) is 11.3 Å². The minimum Gasteiger partial charge on any atom is -0.465 e. The van der Waals surface area contributed by atoms with E-state index in [1.54, 1.807) is 6.07 Å². The quantitative estimate of drug-likeness (QED) is 0.0972. The van der Waals surface area contributed by atoms with Gasteiger partial charge in [0, 0.05) is 23.7 Å². The van der Waals surface area contributed by atoms with Crippen LogP contribution in [0.3, 0.4) is 0 Å². The lowest BCUT2D eigenvalue weighted by Gasteiger charge is -2.32.